The number of aromatic nitrogens is 1. The maximum absolute atomic E-state index is 3.26. The maximum atomic E-state index is 3.26. The van der Waals surface area contributed by atoms with Crippen molar-refractivity contribution in [3.63, 3.8) is 0 Å². The highest BCUT2D eigenvalue weighted by Gasteiger charge is 2.07. The quantitative estimate of drug-likeness (QED) is 0.711. The lowest BCUT2D eigenvalue weighted by Crippen LogP contribution is -1.90. The first kappa shape index (κ1) is 12.0. The van der Waals surface area contributed by atoms with Gasteiger partial charge >= 0.3 is 0 Å². The van der Waals surface area contributed by atoms with Gasteiger partial charge in [-0.15, -0.1) is 0 Å². The molecule has 2 aromatic rings. The molecule has 1 nitrogen and oxygen atoms in total. The standard InChI is InChI=1S/C16H21N/c1-3-4-5-8-14-9-6-7-10-16(14)15-11-12-17-13(15)2/h6-7,9-12,17H,3-5,8H2,1-2H3. The molecule has 0 fully saturated rings. The number of hydrogen-bond donors (Lipinski definition) is 1. The van der Waals surface area contributed by atoms with E-state index in [0.29, 0.717) is 0 Å². The number of rotatable bonds is 5. The number of hydrogen-bond acceptors (Lipinski definition) is 0. The Kier molecular flexibility index (Phi) is 4.03. The zero-order chi connectivity index (χ0) is 12.1. The summed E-state index contributed by atoms with van der Waals surface area (Å²) in [5.41, 5.74) is 5.47. The van der Waals surface area contributed by atoms with Crippen LogP contribution in [0.15, 0.2) is 36.5 Å². The fraction of sp³-hybridized carbons (Fsp3) is 0.375. The Balaban J connectivity index is 2.25. The molecule has 1 heteroatoms. The van der Waals surface area contributed by atoms with Crippen molar-refractivity contribution in [2.45, 2.75) is 39.5 Å². The third-order valence-corrected chi connectivity index (χ3v) is 3.31. The molecule has 0 amide bonds. The molecule has 0 atom stereocenters. The Hall–Kier alpha value is -1.50. The van der Waals surface area contributed by atoms with Crippen molar-refractivity contribution in [3.05, 3.63) is 47.8 Å². The molecule has 0 bridgehead atoms. The summed E-state index contributed by atoms with van der Waals surface area (Å²) >= 11 is 0. The van der Waals surface area contributed by atoms with Crippen molar-refractivity contribution in [3.8, 4) is 11.1 Å². The van der Waals surface area contributed by atoms with Gasteiger partial charge in [0.25, 0.3) is 0 Å². The van der Waals surface area contributed by atoms with Crippen molar-refractivity contribution in [1.29, 1.82) is 0 Å². The topological polar surface area (TPSA) is 15.8 Å². The summed E-state index contributed by atoms with van der Waals surface area (Å²) in [6.07, 6.45) is 7.10. The van der Waals surface area contributed by atoms with E-state index in [-0.39, 0.29) is 0 Å². The highest BCUT2D eigenvalue weighted by molar-refractivity contribution is 5.69. The van der Waals surface area contributed by atoms with Crippen LogP contribution in [0.3, 0.4) is 0 Å². The lowest BCUT2D eigenvalue weighted by Gasteiger charge is -2.09. The van der Waals surface area contributed by atoms with E-state index in [0.717, 1.165) is 0 Å². The van der Waals surface area contributed by atoms with Gasteiger partial charge in [0, 0.05) is 17.5 Å². The number of aryl methyl sites for hydroxylation is 2. The minimum absolute atomic E-state index is 1.19. The molecule has 0 spiro atoms. The number of benzene rings is 1. The Labute approximate surface area is 104 Å². The van der Waals surface area contributed by atoms with E-state index >= 15 is 0 Å². The molecule has 0 saturated carbocycles. The summed E-state index contributed by atoms with van der Waals surface area (Å²) in [6, 6.07) is 10.9. The largest absolute Gasteiger partial charge is 0.365 e. The second-order valence-corrected chi connectivity index (χ2v) is 4.63. The maximum Gasteiger partial charge on any atom is 0.0195 e. The van der Waals surface area contributed by atoms with E-state index in [4.69, 9.17) is 0 Å². The van der Waals surface area contributed by atoms with Crippen molar-refractivity contribution < 1.29 is 0 Å². The van der Waals surface area contributed by atoms with Crippen molar-refractivity contribution in [1.82, 2.24) is 4.98 Å². The molecule has 0 aliphatic heterocycles. The van der Waals surface area contributed by atoms with Crippen LogP contribution in [0.5, 0.6) is 0 Å². The molecule has 0 saturated heterocycles. The average molecular weight is 227 g/mol. The van der Waals surface area contributed by atoms with Gasteiger partial charge in [-0.2, -0.15) is 0 Å². The van der Waals surface area contributed by atoms with Crippen molar-refractivity contribution >= 4 is 0 Å². The van der Waals surface area contributed by atoms with E-state index in [1.807, 2.05) is 6.20 Å². The van der Waals surface area contributed by atoms with Gasteiger partial charge in [-0.25, -0.2) is 0 Å². The van der Waals surface area contributed by atoms with Crippen LogP contribution in [0.1, 0.15) is 37.4 Å². The van der Waals surface area contributed by atoms with Crippen molar-refractivity contribution in [2.24, 2.45) is 0 Å². The molecule has 1 aromatic heterocycles. The van der Waals surface area contributed by atoms with Gasteiger partial charge in [-0.05, 0) is 37.0 Å². The summed E-state index contributed by atoms with van der Waals surface area (Å²) in [5.74, 6) is 0. The first-order valence-electron chi connectivity index (χ1n) is 6.55. The lowest BCUT2D eigenvalue weighted by molar-refractivity contribution is 0.718. The SMILES string of the molecule is CCCCCc1ccccc1-c1cc[nH]c1C. The van der Waals surface area contributed by atoms with E-state index in [9.17, 15) is 0 Å². The molecule has 0 aliphatic rings. The molecule has 17 heavy (non-hydrogen) atoms. The molecule has 0 radical (unpaired) electrons. The van der Waals surface area contributed by atoms with Gasteiger partial charge in [0.2, 0.25) is 0 Å². The van der Waals surface area contributed by atoms with Gasteiger partial charge < -0.3 is 4.98 Å². The van der Waals surface area contributed by atoms with Crippen LogP contribution in [-0.4, -0.2) is 4.98 Å². The second kappa shape index (κ2) is 5.72. The lowest BCUT2D eigenvalue weighted by atomic mass is 9.96. The zero-order valence-electron chi connectivity index (χ0n) is 10.8. The number of unbranched alkanes of at least 4 members (excludes halogenated alkanes) is 2. The summed E-state index contributed by atoms with van der Waals surface area (Å²) in [6.45, 7) is 4.39. The van der Waals surface area contributed by atoms with Crippen LogP contribution >= 0.6 is 0 Å². The Bertz CT molecular complexity index is 468. The fourth-order valence-electron chi connectivity index (χ4n) is 2.31. The number of aromatic amines is 1. The third-order valence-electron chi connectivity index (χ3n) is 3.31. The van der Waals surface area contributed by atoms with Gasteiger partial charge in [0.05, 0.1) is 0 Å². The molecule has 0 aliphatic carbocycles. The molecule has 2 rings (SSSR count). The Morgan fingerprint density at radius 3 is 2.53 bits per heavy atom. The van der Waals surface area contributed by atoms with E-state index < -0.39 is 0 Å². The number of H-pyrrole nitrogens is 1. The van der Waals surface area contributed by atoms with E-state index in [1.165, 1.54) is 48.1 Å². The zero-order valence-corrected chi connectivity index (χ0v) is 10.8. The minimum atomic E-state index is 1.19. The van der Waals surface area contributed by atoms with Crippen LogP contribution in [0, 0.1) is 6.92 Å². The minimum Gasteiger partial charge on any atom is -0.365 e. The fourth-order valence-corrected chi connectivity index (χ4v) is 2.31. The van der Waals surface area contributed by atoms with Crippen LogP contribution in [0.2, 0.25) is 0 Å². The first-order valence-corrected chi connectivity index (χ1v) is 6.55. The Morgan fingerprint density at radius 1 is 1.00 bits per heavy atom. The predicted octanol–water partition coefficient (Wildman–Crippen LogP) is 4.72. The summed E-state index contributed by atoms with van der Waals surface area (Å²) in [4.78, 5) is 3.26. The van der Waals surface area contributed by atoms with Gasteiger partial charge in [-0.3, -0.25) is 0 Å². The smallest absolute Gasteiger partial charge is 0.0195 e. The Morgan fingerprint density at radius 2 is 1.82 bits per heavy atom. The third kappa shape index (κ3) is 2.79. The van der Waals surface area contributed by atoms with E-state index in [1.54, 1.807) is 0 Å². The molecular weight excluding hydrogens is 206 g/mol. The van der Waals surface area contributed by atoms with Crippen LogP contribution in [-0.2, 0) is 6.42 Å². The molecule has 1 aromatic carbocycles. The van der Waals surface area contributed by atoms with Gasteiger partial charge in [0.15, 0.2) is 0 Å². The number of nitrogens with one attached hydrogen (secondary N) is 1. The average Bonchev–Trinajstić information content (AvgIpc) is 2.76. The summed E-state index contributed by atoms with van der Waals surface area (Å²) in [7, 11) is 0. The summed E-state index contributed by atoms with van der Waals surface area (Å²) in [5, 5.41) is 0. The van der Waals surface area contributed by atoms with Crippen LogP contribution in [0.25, 0.3) is 11.1 Å². The molecule has 1 N–H and O–H groups in total. The van der Waals surface area contributed by atoms with Crippen LogP contribution in [0.4, 0.5) is 0 Å². The second-order valence-electron chi connectivity index (χ2n) is 4.63. The molecule has 90 valence electrons. The normalized spacial score (nSPS) is 10.7. The molecular formula is C16H21N. The van der Waals surface area contributed by atoms with E-state index in [2.05, 4.69) is 49.2 Å². The van der Waals surface area contributed by atoms with Gasteiger partial charge in [0.1, 0.15) is 0 Å². The van der Waals surface area contributed by atoms with Gasteiger partial charge in [-0.1, -0.05) is 44.0 Å². The highest BCUT2D eigenvalue weighted by Crippen LogP contribution is 2.27. The molecule has 1 heterocycles. The first-order chi connectivity index (χ1) is 8.33. The van der Waals surface area contributed by atoms with Crippen molar-refractivity contribution in [2.75, 3.05) is 0 Å². The monoisotopic (exact) mass is 227 g/mol. The summed E-state index contributed by atoms with van der Waals surface area (Å²) < 4.78 is 0. The predicted molar refractivity (Wildman–Crippen MR) is 74.2 cm³/mol. The van der Waals surface area contributed by atoms with Crippen LogP contribution < -0.4 is 0 Å². The molecule has 0 unspecified atom stereocenters. The highest BCUT2D eigenvalue weighted by atomic mass is 14.7.